The molecule has 1 unspecified atom stereocenters. The monoisotopic (exact) mass is 222 g/mol. The molecule has 1 aliphatic carbocycles. The van der Waals surface area contributed by atoms with Gasteiger partial charge in [-0.2, -0.15) is 0 Å². The first-order valence-corrected chi connectivity index (χ1v) is 7.00. The standard InChI is InChI=1S/C12H12ClP/c13-14(11-7-3-1-4-8-11)12-9-5-2-6-10-12/h1,3-5,7-10H,2,6H2. The maximum atomic E-state index is 6.43. The van der Waals surface area contributed by atoms with Gasteiger partial charge in [0.2, 0.25) is 0 Å². The van der Waals surface area contributed by atoms with Gasteiger partial charge in [0.05, 0.1) is 7.27 Å². The van der Waals surface area contributed by atoms with Gasteiger partial charge in [-0.15, -0.1) is 0 Å². The van der Waals surface area contributed by atoms with Crippen molar-refractivity contribution in [3.63, 3.8) is 0 Å². The zero-order valence-electron chi connectivity index (χ0n) is 7.86. The Kier molecular flexibility index (Phi) is 3.39. The van der Waals surface area contributed by atoms with Crippen LogP contribution in [-0.4, -0.2) is 0 Å². The van der Waals surface area contributed by atoms with Crippen LogP contribution in [0.2, 0.25) is 0 Å². The van der Waals surface area contributed by atoms with Crippen molar-refractivity contribution in [1.82, 2.24) is 0 Å². The molecule has 0 saturated heterocycles. The molecule has 0 radical (unpaired) electrons. The van der Waals surface area contributed by atoms with Crippen LogP contribution < -0.4 is 5.30 Å². The molecule has 1 aromatic rings. The second-order valence-corrected chi connectivity index (χ2v) is 5.83. The molecule has 1 atom stereocenters. The van der Waals surface area contributed by atoms with E-state index in [9.17, 15) is 0 Å². The summed E-state index contributed by atoms with van der Waals surface area (Å²) in [4.78, 5) is 0. The summed E-state index contributed by atoms with van der Waals surface area (Å²) in [7, 11) is -0.647. The van der Waals surface area contributed by atoms with Gasteiger partial charge in [0.15, 0.2) is 0 Å². The van der Waals surface area contributed by atoms with Crippen LogP contribution in [0.1, 0.15) is 12.8 Å². The Morgan fingerprint density at radius 3 is 2.50 bits per heavy atom. The van der Waals surface area contributed by atoms with E-state index in [0.29, 0.717) is 0 Å². The molecular weight excluding hydrogens is 211 g/mol. The minimum atomic E-state index is -0.647. The first-order chi connectivity index (χ1) is 6.88. The third-order valence-corrected chi connectivity index (χ3v) is 4.89. The minimum absolute atomic E-state index is 0.647. The Morgan fingerprint density at radius 2 is 1.86 bits per heavy atom. The summed E-state index contributed by atoms with van der Waals surface area (Å²) >= 11 is 6.43. The van der Waals surface area contributed by atoms with Gasteiger partial charge < -0.3 is 0 Å². The van der Waals surface area contributed by atoms with Gasteiger partial charge in [-0.25, -0.2) is 0 Å². The van der Waals surface area contributed by atoms with E-state index in [2.05, 4.69) is 30.4 Å². The topological polar surface area (TPSA) is 0 Å². The highest BCUT2D eigenvalue weighted by molar-refractivity contribution is 7.93. The fraction of sp³-hybridized carbons (Fsp3) is 0.167. The summed E-state index contributed by atoms with van der Waals surface area (Å²) in [5.74, 6) is 0. The molecule has 0 fully saturated rings. The summed E-state index contributed by atoms with van der Waals surface area (Å²) < 4.78 is 0. The normalized spacial score (nSPS) is 17.6. The molecule has 0 spiro atoms. The molecule has 2 heteroatoms. The second kappa shape index (κ2) is 4.77. The van der Waals surface area contributed by atoms with Crippen LogP contribution in [-0.2, 0) is 0 Å². The molecule has 0 saturated carbocycles. The highest BCUT2D eigenvalue weighted by atomic mass is 35.7. The number of hydrogen-bond donors (Lipinski definition) is 0. The molecule has 1 aromatic carbocycles. The Balaban J connectivity index is 2.20. The Bertz CT molecular complexity index is 354. The molecular formula is C12H12ClP. The number of halogens is 1. The summed E-state index contributed by atoms with van der Waals surface area (Å²) in [6.07, 6.45) is 8.90. The van der Waals surface area contributed by atoms with Crippen molar-refractivity contribution in [3.05, 3.63) is 53.9 Å². The van der Waals surface area contributed by atoms with Gasteiger partial charge in [-0.05, 0) is 23.5 Å². The minimum Gasteiger partial charge on any atom is -0.0859 e. The number of rotatable bonds is 2. The lowest BCUT2D eigenvalue weighted by Gasteiger charge is -2.13. The van der Waals surface area contributed by atoms with Crippen LogP contribution in [0, 0.1) is 0 Å². The first-order valence-electron chi connectivity index (χ1n) is 4.75. The SMILES string of the molecule is ClP(C1=CCCC=C1)c1ccccc1. The van der Waals surface area contributed by atoms with Crippen LogP contribution in [0.3, 0.4) is 0 Å². The second-order valence-electron chi connectivity index (χ2n) is 3.23. The number of benzene rings is 1. The molecule has 1 aliphatic rings. The molecule has 0 amide bonds. The fourth-order valence-electron chi connectivity index (χ4n) is 1.45. The summed E-state index contributed by atoms with van der Waals surface area (Å²) in [5.41, 5.74) is 0. The van der Waals surface area contributed by atoms with Crippen molar-refractivity contribution in [2.24, 2.45) is 0 Å². The van der Waals surface area contributed by atoms with Crippen molar-refractivity contribution >= 4 is 23.8 Å². The van der Waals surface area contributed by atoms with Gasteiger partial charge >= 0.3 is 0 Å². The van der Waals surface area contributed by atoms with E-state index < -0.39 is 7.27 Å². The van der Waals surface area contributed by atoms with Gasteiger partial charge in [-0.1, -0.05) is 59.8 Å². The highest BCUT2D eigenvalue weighted by Crippen LogP contribution is 2.50. The molecule has 0 bridgehead atoms. The Morgan fingerprint density at radius 1 is 1.07 bits per heavy atom. The predicted octanol–water partition coefficient (Wildman–Crippen LogP) is 4.18. The highest BCUT2D eigenvalue weighted by Gasteiger charge is 2.11. The lowest BCUT2D eigenvalue weighted by atomic mass is 10.2. The smallest absolute Gasteiger partial charge is 0.0520 e. The van der Waals surface area contributed by atoms with Crippen LogP contribution in [0.5, 0.6) is 0 Å². The third kappa shape index (κ3) is 2.26. The molecule has 72 valence electrons. The van der Waals surface area contributed by atoms with Crippen molar-refractivity contribution in [2.45, 2.75) is 12.8 Å². The van der Waals surface area contributed by atoms with Gasteiger partial charge in [0.25, 0.3) is 0 Å². The maximum absolute atomic E-state index is 6.43. The lowest BCUT2D eigenvalue weighted by molar-refractivity contribution is 1.03. The van der Waals surface area contributed by atoms with Crippen LogP contribution in [0.15, 0.2) is 53.9 Å². The van der Waals surface area contributed by atoms with Gasteiger partial charge in [-0.3, -0.25) is 0 Å². The van der Waals surface area contributed by atoms with E-state index >= 15 is 0 Å². The molecule has 0 aromatic heterocycles. The summed E-state index contributed by atoms with van der Waals surface area (Å²) in [6.45, 7) is 0. The number of allylic oxidation sites excluding steroid dienone is 4. The van der Waals surface area contributed by atoms with Gasteiger partial charge in [0, 0.05) is 0 Å². The van der Waals surface area contributed by atoms with E-state index in [4.69, 9.17) is 11.2 Å². The third-order valence-electron chi connectivity index (χ3n) is 2.18. The van der Waals surface area contributed by atoms with E-state index in [1.165, 1.54) is 10.6 Å². The van der Waals surface area contributed by atoms with Crippen molar-refractivity contribution in [3.8, 4) is 0 Å². The van der Waals surface area contributed by atoms with Crippen LogP contribution in [0.25, 0.3) is 0 Å². The summed E-state index contributed by atoms with van der Waals surface area (Å²) in [6, 6.07) is 10.3. The quantitative estimate of drug-likeness (QED) is 0.659. The predicted molar refractivity (Wildman–Crippen MR) is 65.3 cm³/mol. The van der Waals surface area contributed by atoms with Crippen molar-refractivity contribution in [1.29, 1.82) is 0 Å². The molecule has 2 rings (SSSR count). The maximum Gasteiger partial charge on any atom is 0.0520 e. The Hall–Kier alpha value is -0.580. The Labute approximate surface area is 90.8 Å². The van der Waals surface area contributed by atoms with Crippen LogP contribution >= 0.6 is 18.5 Å². The van der Waals surface area contributed by atoms with E-state index in [0.717, 1.165) is 12.8 Å². The molecule has 14 heavy (non-hydrogen) atoms. The lowest BCUT2D eigenvalue weighted by Crippen LogP contribution is -1.97. The largest absolute Gasteiger partial charge is 0.0859 e. The molecule has 0 aliphatic heterocycles. The average Bonchev–Trinajstić information content (AvgIpc) is 2.30. The van der Waals surface area contributed by atoms with Crippen molar-refractivity contribution < 1.29 is 0 Å². The van der Waals surface area contributed by atoms with Crippen LogP contribution in [0.4, 0.5) is 0 Å². The fourth-order valence-corrected chi connectivity index (χ4v) is 3.42. The average molecular weight is 223 g/mol. The number of hydrogen-bond acceptors (Lipinski definition) is 0. The first kappa shape index (κ1) is 9.96. The molecule has 0 heterocycles. The van der Waals surface area contributed by atoms with E-state index in [1.807, 2.05) is 18.2 Å². The van der Waals surface area contributed by atoms with Crippen molar-refractivity contribution in [2.75, 3.05) is 0 Å². The van der Waals surface area contributed by atoms with Gasteiger partial charge in [0.1, 0.15) is 0 Å². The zero-order chi connectivity index (χ0) is 9.80. The summed E-state index contributed by atoms with van der Waals surface area (Å²) in [5, 5.41) is 2.53. The molecule has 0 nitrogen and oxygen atoms in total. The molecule has 0 N–H and O–H groups in total. The van der Waals surface area contributed by atoms with E-state index in [-0.39, 0.29) is 0 Å². The van der Waals surface area contributed by atoms with E-state index in [1.54, 1.807) is 0 Å². The zero-order valence-corrected chi connectivity index (χ0v) is 9.51.